The number of nitrogens with zero attached hydrogens (tertiary/aromatic N) is 3. The number of fused-ring (bicyclic) bond motifs is 2. The minimum Gasteiger partial charge on any atom is -0.461 e. The molecule has 1 aliphatic carbocycles. The van der Waals surface area contributed by atoms with E-state index in [9.17, 15) is 19.6 Å². The molecule has 2 fully saturated rings. The van der Waals surface area contributed by atoms with E-state index in [1.54, 1.807) is 31.2 Å². The van der Waals surface area contributed by atoms with Crippen LogP contribution in [0.4, 0.5) is 5.82 Å². The number of rotatable bonds is 10. The van der Waals surface area contributed by atoms with Crippen LogP contribution in [-0.4, -0.2) is 67.8 Å². The molecule has 6 atom stereocenters. The largest absolute Gasteiger partial charge is 0.461 e. The second-order valence-electron chi connectivity index (χ2n) is 11.1. The Hall–Kier alpha value is -3.58. The van der Waals surface area contributed by atoms with Gasteiger partial charge in [-0.2, -0.15) is 10.2 Å². The van der Waals surface area contributed by atoms with E-state index in [-0.39, 0.29) is 17.7 Å². The second kappa shape index (κ2) is 11.5. The molecule has 2 aromatic carbocycles. The highest BCUT2D eigenvalue weighted by molar-refractivity contribution is 7.52. The molecule has 14 heteroatoms. The molecule has 0 bridgehead atoms. The topological polar surface area (TPSA) is 180 Å². The quantitative estimate of drug-likeness (QED) is 0.152. The van der Waals surface area contributed by atoms with Crippen molar-refractivity contribution >= 4 is 35.8 Å². The number of anilines is 1. The van der Waals surface area contributed by atoms with Crippen LogP contribution in [-0.2, 0) is 29.0 Å². The minimum atomic E-state index is -4.30. The Morgan fingerprint density at radius 2 is 1.98 bits per heavy atom. The van der Waals surface area contributed by atoms with Crippen molar-refractivity contribution in [2.45, 2.75) is 69.2 Å². The van der Waals surface area contributed by atoms with Gasteiger partial charge in [-0.15, -0.1) is 0 Å². The van der Waals surface area contributed by atoms with E-state index in [1.165, 1.54) is 17.8 Å². The van der Waals surface area contributed by atoms with Crippen LogP contribution in [0.5, 0.6) is 5.75 Å². The van der Waals surface area contributed by atoms with Crippen molar-refractivity contribution in [1.82, 2.24) is 19.7 Å². The van der Waals surface area contributed by atoms with Gasteiger partial charge in [-0.05, 0) is 56.7 Å². The third-order valence-corrected chi connectivity index (χ3v) is 9.70. The van der Waals surface area contributed by atoms with E-state index in [4.69, 9.17) is 24.3 Å². The van der Waals surface area contributed by atoms with Crippen molar-refractivity contribution in [1.29, 1.82) is 0 Å². The van der Waals surface area contributed by atoms with Crippen LogP contribution in [0.15, 0.2) is 60.9 Å². The average molecular weight is 612 g/mol. The van der Waals surface area contributed by atoms with E-state index < -0.39 is 50.3 Å². The Balaban J connectivity index is 1.24. The van der Waals surface area contributed by atoms with E-state index in [2.05, 4.69) is 15.2 Å². The maximum atomic E-state index is 14.3. The number of nitrogens with two attached hydrogens (primary N) is 1. The third-order valence-electron chi connectivity index (χ3n) is 8.07. The molecule has 43 heavy (non-hydrogen) atoms. The van der Waals surface area contributed by atoms with Crippen molar-refractivity contribution in [3.8, 4) is 5.75 Å². The second-order valence-corrected chi connectivity index (χ2v) is 12.8. The molecule has 1 unspecified atom stereocenters. The summed E-state index contributed by atoms with van der Waals surface area (Å²) in [6.45, 7) is 2.66. The third kappa shape index (κ3) is 5.60. The fourth-order valence-electron chi connectivity index (χ4n) is 5.37. The van der Waals surface area contributed by atoms with Crippen LogP contribution in [0, 0.1) is 0 Å². The van der Waals surface area contributed by atoms with Crippen LogP contribution in [0.1, 0.15) is 38.8 Å². The van der Waals surface area contributed by atoms with Crippen molar-refractivity contribution < 1.29 is 38.1 Å². The molecule has 2 aliphatic rings. The van der Waals surface area contributed by atoms with Gasteiger partial charge < -0.3 is 29.9 Å². The summed E-state index contributed by atoms with van der Waals surface area (Å²) in [5.41, 5.74) is 5.45. The first-order chi connectivity index (χ1) is 20.6. The van der Waals surface area contributed by atoms with Gasteiger partial charge >= 0.3 is 13.7 Å². The molecule has 3 heterocycles. The average Bonchev–Trinajstić information content (AvgIpc) is 3.51. The molecule has 228 valence electrons. The molecule has 5 N–H and O–H groups in total. The van der Waals surface area contributed by atoms with Crippen LogP contribution >= 0.6 is 7.75 Å². The lowest BCUT2D eigenvalue weighted by Gasteiger charge is -2.29. The number of hydrogen-bond donors (Lipinski definition) is 4. The van der Waals surface area contributed by atoms with Gasteiger partial charge in [0.05, 0.1) is 12.3 Å². The highest BCUT2D eigenvalue weighted by atomic mass is 31.2. The fraction of sp³-hybridized carbons (Fsp3) is 0.414. The zero-order chi connectivity index (χ0) is 30.4. The predicted octanol–water partition coefficient (Wildman–Crippen LogP) is 3.08. The maximum Gasteiger partial charge on any atom is 0.459 e. The number of aromatic nitrogens is 3. The molecule has 13 nitrogen and oxygen atoms in total. The number of carbonyl (C=O) groups is 1. The molecule has 0 amide bonds. The highest BCUT2D eigenvalue weighted by Gasteiger charge is 2.54. The lowest BCUT2D eigenvalue weighted by molar-refractivity contribution is -0.154. The predicted molar refractivity (Wildman–Crippen MR) is 156 cm³/mol. The summed E-state index contributed by atoms with van der Waals surface area (Å²) in [6, 6.07) is 15.0. The van der Waals surface area contributed by atoms with Crippen LogP contribution in [0.3, 0.4) is 0 Å². The van der Waals surface area contributed by atoms with Gasteiger partial charge in [0.1, 0.15) is 53.7 Å². The Morgan fingerprint density at radius 1 is 1.21 bits per heavy atom. The smallest absolute Gasteiger partial charge is 0.459 e. The van der Waals surface area contributed by atoms with Crippen molar-refractivity contribution in [3.63, 3.8) is 0 Å². The first kappa shape index (κ1) is 29.5. The number of aliphatic hydroxyl groups is 2. The molecule has 4 aromatic rings. The summed E-state index contributed by atoms with van der Waals surface area (Å²) >= 11 is 0. The number of nitrogen functional groups attached to an aromatic ring is 1. The van der Waals surface area contributed by atoms with E-state index in [0.29, 0.717) is 16.6 Å². The Kier molecular flexibility index (Phi) is 7.88. The van der Waals surface area contributed by atoms with Crippen molar-refractivity contribution in [3.05, 3.63) is 66.6 Å². The zero-order valence-electron chi connectivity index (χ0n) is 23.7. The standard InChI is InChI=1S/C29H34N5O8P/c1-17(28(37)40-19-9-6-10-19)33-43(38,42-22-12-5-8-18-7-3-4-11-20(18)22)39-15-23-25(35)26(36)29(2,41-23)24-14-13-21-27(30)31-16-32-34(21)24/h3-5,7-8,11-14,16-17,19,23,25-26,35-36H,6,9-10,15H2,1-2H3,(H,33,38)(H2,30,31,32)/t17-,23+,25+,26+,29-,43?/m0/s1. The van der Waals surface area contributed by atoms with Gasteiger partial charge in [-0.3, -0.25) is 9.32 Å². The number of carbonyl (C=O) groups excluding carboxylic acids is 1. The molecule has 6 rings (SSSR count). The van der Waals surface area contributed by atoms with Gasteiger partial charge in [0.25, 0.3) is 0 Å². The summed E-state index contributed by atoms with van der Waals surface area (Å²) in [4.78, 5) is 16.7. The maximum absolute atomic E-state index is 14.3. The molecular weight excluding hydrogens is 577 g/mol. The number of aliphatic hydroxyl groups excluding tert-OH is 2. The molecule has 1 aliphatic heterocycles. The lowest BCUT2D eigenvalue weighted by atomic mass is 9.93. The lowest BCUT2D eigenvalue weighted by Crippen LogP contribution is -2.40. The number of nitrogens with one attached hydrogen (secondary N) is 1. The monoisotopic (exact) mass is 611 g/mol. The van der Waals surface area contributed by atoms with E-state index >= 15 is 0 Å². The van der Waals surface area contributed by atoms with Crippen molar-refractivity contribution in [2.75, 3.05) is 12.3 Å². The molecule has 2 aromatic heterocycles. The number of esters is 1. The van der Waals surface area contributed by atoms with E-state index in [0.717, 1.165) is 24.6 Å². The number of ether oxygens (including phenoxy) is 2. The summed E-state index contributed by atoms with van der Waals surface area (Å²) in [7, 11) is -4.30. The first-order valence-corrected chi connectivity index (χ1v) is 15.6. The van der Waals surface area contributed by atoms with E-state index in [1.807, 2.05) is 30.3 Å². The molecule has 1 saturated carbocycles. The zero-order valence-corrected chi connectivity index (χ0v) is 24.6. The van der Waals surface area contributed by atoms with Crippen LogP contribution in [0.25, 0.3) is 16.3 Å². The fourth-order valence-corrected chi connectivity index (χ4v) is 6.89. The van der Waals surface area contributed by atoms with Crippen LogP contribution < -0.4 is 15.3 Å². The summed E-state index contributed by atoms with van der Waals surface area (Å²) < 4.78 is 39.2. The molecule has 1 saturated heterocycles. The Morgan fingerprint density at radius 3 is 2.74 bits per heavy atom. The van der Waals surface area contributed by atoms with Crippen molar-refractivity contribution in [2.24, 2.45) is 0 Å². The SMILES string of the molecule is C[C@H](NP(=O)(OC[C@H]1O[C@@](C)(c2ccc3c(N)ncnn23)[C@H](O)[C@@H]1O)Oc1cccc2ccccc12)C(=O)OC1CCC1. The Labute approximate surface area is 247 Å². The summed E-state index contributed by atoms with van der Waals surface area (Å²) in [5.74, 6) is -0.0833. The molecular formula is C29H34N5O8P. The molecule has 0 spiro atoms. The Bertz CT molecular complexity index is 1690. The highest BCUT2D eigenvalue weighted by Crippen LogP contribution is 2.48. The minimum absolute atomic E-state index is 0.164. The van der Waals surface area contributed by atoms with Gasteiger partial charge in [0.15, 0.2) is 5.82 Å². The van der Waals surface area contributed by atoms with Gasteiger partial charge in [0.2, 0.25) is 0 Å². The molecule has 0 radical (unpaired) electrons. The number of hydrogen-bond acceptors (Lipinski definition) is 11. The van der Waals surface area contributed by atoms with Crippen LogP contribution in [0.2, 0.25) is 0 Å². The summed E-state index contributed by atoms with van der Waals surface area (Å²) in [5, 5.41) is 30.5. The first-order valence-electron chi connectivity index (χ1n) is 14.1. The summed E-state index contributed by atoms with van der Waals surface area (Å²) in [6.07, 6.45) is -0.299. The van der Waals surface area contributed by atoms with Gasteiger partial charge in [-0.25, -0.2) is 14.1 Å². The number of benzene rings is 2. The normalized spacial score (nSPS) is 26.2. The van der Waals surface area contributed by atoms with Gasteiger partial charge in [-0.1, -0.05) is 36.4 Å². The van der Waals surface area contributed by atoms with Gasteiger partial charge in [0, 0.05) is 5.39 Å².